The van der Waals surface area contributed by atoms with Crippen LogP contribution in [0.25, 0.3) is 0 Å². The molecule has 0 bridgehead atoms. The van der Waals surface area contributed by atoms with Gasteiger partial charge in [-0.05, 0) is 6.07 Å². The lowest BCUT2D eigenvalue weighted by Crippen LogP contribution is -2.31. The zero-order valence-electron chi connectivity index (χ0n) is 11.8. The van der Waals surface area contributed by atoms with Crippen molar-refractivity contribution in [2.75, 3.05) is 12.4 Å². The topological polar surface area (TPSA) is 55.0 Å². The standard InChI is InChI=1S/C16H14N2O2S2/c17-6-3-7-18-15-14(22-16(18)19)13-10(9-21-15)8-20-12-5-2-1-4-11(12)13/h1-2,4-5,10,13H,3,7-9H2/t10-,13-/m0/s1. The first-order chi connectivity index (χ1) is 10.8. The molecule has 0 unspecified atom stereocenters. The summed E-state index contributed by atoms with van der Waals surface area (Å²) in [6.45, 7) is 1.20. The van der Waals surface area contributed by atoms with Crippen molar-refractivity contribution < 1.29 is 4.74 Å². The number of nitrogens with zero attached hydrogens (tertiary/aromatic N) is 2. The molecule has 112 valence electrons. The number of benzene rings is 1. The molecule has 0 saturated heterocycles. The van der Waals surface area contributed by atoms with Crippen molar-refractivity contribution in [2.45, 2.75) is 23.9 Å². The Morgan fingerprint density at radius 2 is 2.27 bits per heavy atom. The number of rotatable bonds is 2. The molecule has 1 aromatic heterocycles. The summed E-state index contributed by atoms with van der Waals surface area (Å²) >= 11 is 3.07. The molecule has 0 radical (unpaired) electrons. The van der Waals surface area contributed by atoms with Crippen LogP contribution in [-0.2, 0) is 6.54 Å². The zero-order valence-corrected chi connectivity index (χ0v) is 13.5. The third-order valence-electron chi connectivity index (χ3n) is 4.22. The van der Waals surface area contributed by atoms with E-state index >= 15 is 0 Å². The Morgan fingerprint density at radius 3 is 3.14 bits per heavy atom. The highest BCUT2D eigenvalue weighted by Gasteiger charge is 2.39. The number of ether oxygens (including phenoxy) is 1. The van der Waals surface area contributed by atoms with Gasteiger partial charge >= 0.3 is 4.87 Å². The maximum atomic E-state index is 12.3. The summed E-state index contributed by atoms with van der Waals surface area (Å²) in [5.41, 5.74) is 1.19. The Kier molecular flexibility index (Phi) is 3.47. The van der Waals surface area contributed by atoms with Gasteiger partial charge < -0.3 is 4.74 Å². The van der Waals surface area contributed by atoms with Gasteiger partial charge in [0.1, 0.15) is 5.75 Å². The number of hydrogen-bond donors (Lipinski definition) is 0. The van der Waals surface area contributed by atoms with Crippen LogP contribution in [0.5, 0.6) is 5.75 Å². The molecular formula is C16H14N2O2S2. The van der Waals surface area contributed by atoms with E-state index in [-0.39, 0.29) is 10.8 Å². The van der Waals surface area contributed by atoms with Crippen molar-refractivity contribution in [3.63, 3.8) is 0 Å². The van der Waals surface area contributed by atoms with Crippen LogP contribution >= 0.6 is 23.1 Å². The second kappa shape index (κ2) is 5.49. The average Bonchev–Trinajstić information content (AvgIpc) is 2.88. The van der Waals surface area contributed by atoms with E-state index in [0.29, 0.717) is 25.5 Å². The van der Waals surface area contributed by atoms with Crippen LogP contribution in [0.3, 0.4) is 0 Å². The predicted octanol–water partition coefficient (Wildman–Crippen LogP) is 3.07. The molecule has 1 aromatic carbocycles. The third kappa shape index (κ3) is 2.08. The van der Waals surface area contributed by atoms with E-state index < -0.39 is 0 Å². The molecule has 0 aliphatic carbocycles. The van der Waals surface area contributed by atoms with Crippen LogP contribution in [0.1, 0.15) is 22.8 Å². The van der Waals surface area contributed by atoms with E-state index in [0.717, 1.165) is 21.4 Å². The molecule has 3 heterocycles. The first kappa shape index (κ1) is 13.9. The lowest BCUT2D eigenvalue weighted by molar-refractivity contribution is 0.219. The molecule has 2 aliphatic rings. The van der Waals surface area contributed by atoms with Crippen molar-refractivity contribution in [3.05, 3.63) is 44.4 Å². The maximum Gasteiger partial charge on any atom is 0.308 e. The lowest BCUT2D eigenvalue weighted by atomic mass is 9.84. The van der Waals surface area contributed by atoms with Gasteiger partial charge in [0.25, 0.3) is 0 Å². The Morgan fingerprint density at radius 1 is 1.41 bits per heavy atom. The minimum atomic E-state index is 0.0531. The highest BCUT2D eigenvalue weighted by atomic mass is 32.2. The molecule has 0 N–H and O–H groups in total. The molecule has 4 rings (SSSR count). The number of fused-ring (bicyclic) bond motifs is 5. The molecule has 6 heteroatoms. The van der Waals surface area contributed by atoms with Gasteiger partial charge in [-0.3, -0.25) is 9.36 Å². The molecule has 2 aromatic rings. The fraction of sp³-hybridized carbons (Fsp3) is 0.375. The van der Waals surface area contributed by atoms with Crippen molar-refractivity contribution in [3.8, 4) is 11.8 Å². The summed E-state index contributed by atoms with van der Waals surface area (Å²) in [4.78, 5) is 13.5. The SMILES string of the molecule is N#CCCn1c2c(sc1=O)[C@@H]1c3ccccc3OC[C@H]1CS2. The van der Waals surface area contributed by atoms with Gasteiger partial charge in [-0.25, -0.2) is 0 Å². The van der Waals surface area contributed by atoms with Crippen LogP contribution in [0.2, 0.25) is 0 Å². The smallest absolute Gasteiger partial charge is 0.308 e. The molecule has 2 atom stereocenters. The molecule has 0 saturated carbocycles. The average molecular weight is 330 g/mol. The number of hydrogen-bond acceptors (Lipinski definition) is 5. The van der Waals surface area contributed by atoms with Gasteiger partial charge in [0.05, 0.1) is 24.1 Å². The number of thiazole rings is 1. The van der Waals surface area contributed by atoms with Crippen LogP contribution < -0.4 is 9.61 Å². The highest BCUT2D eigenvalue weighted by Crippen LogP contribution is 2.50. The molecule has 0 spiro atoms. The highest BCUT2D eigenvalue weighted by molar-refractivity contribution is 7.99. The number of para-hydroxylation sites is 1. The molecule has 0 fully saturated rings. The first-order valence-electron chi connectivity index (χ1n) is 7.24. The normalized spacial score (nSPS) is 22.0. The summed E-state index contributed by atoms with van der Waals surface area (Å²) in [6, 6.07) is 10.3. The van der Waals surface area contributed by atoms with E-state index in [4.69, 9.17) is 10.00 Å². The minimum absolute atomic E-state index is 0.0531. The van der Waals surface area contributed by atoms with Crippen LogP contribution in [-0.4, -0.2) is 16.9 Å². The first-order valence-corrected chi connectivity index (χ1v) is 9.05. The quantitative estimate of drug-likeness (QED) is 0.849. The van der Waals surface area contributed by atoms with Gasteiger partial charge in [0, 0.05) is 34.6 Å². The summed E-state index contributed by atoms with van der Waals surface area (Å²) in [7, 11) is 0. The van der Waals surface area contributed by atoms with Crippen molar-refractivity contribution >= 4 is 23.1 Å². The number of aromatic nitrogens is 1. The number of nitriles is 1. The van der Waals surface area contributed by atoms with Crippen LogP contribution in [0.4, 0.5) is 0 Å². The summed E-state index contributed by atoms with van der Waals surface area (Å²) in [5, 5.41) is 9.85. The molecule has 2 aliphatic heterocycles. The molecule has 22 heavy (non-hydrogen) atoms. The van der Waals surface area contributed by atoms with Crippen LogP contribution in [0, 0.1) is 17.2 Å². The Bertz CT molecular complexity index is 818. The van der Waals surface area contributed by atoms with Crippen LogP contribution in [0.15, 0.2) is 34.1 Å². The van der Waals surface area contributed by atoms with E-state index in [1.807, 2.05) is 18.2 Å². The fourth-order valence-corrected chi connectivity index (χ4v) is 5.95. The Labute approximate surface area is 136 Å². The summed E-state index contributed by atoms with van der Waals surface area (Å²) in [6.07, 6.45) is 0.372. The molecule has 4 nitrogen and oxygen atoms in total. The molecule has 0 amide bonds. The van der Waals surface area contributed by atoms with Gasteiger partial charge in [0.2, 0.25) is 0 Å². The van der Waals surface area contributed by atoms with E-state index in [2.05, 4.69) is 12.1 Å². The zero-order chi connectivity index (χ0) is 15.1. The monoisotopic (exact) mass is 330 g/mol. The predicted molar refractivity (Wildman–Crippen MR) is 86.8 cm³/mol. The Hall–Kier alpha value is -1.71. The number of thioether (sulfide) groups is 1. The van der Waals surface area contributed by atoms with Gasteiger partial charge in [-0.1, -0.05) is 29.5 Å². The van der Waals surface area contributed by atoms with E-state index in [9.17, 15) is 4.79 Å². The van der Waals surface area contributed by atoms with E-state index in [1.54, 1.807) is 16.3 Å². The summed E-state index contributed by atoms with van der Waals surface area (Å²) in [5.74, 6) is 2.55. The van der Waals surface area contributed by atoms with E-state index in [1.165, 1.54) is 16.9 Å². The van der Waals surface area contributed by atoms with Gasteiger partial charge in [0.15, 0.2) is 0 Å². The maximum absolute atomic E-state index is 12.3. The second-order valence-corrected chi connectivity index (χ2v) is 7.50. The fourth-order valence-electron chi connectivity index (χ4n) is 3.21. The van der Waals surface area contributed by atoms with Crippen molar-refractivity contribution in [1.82, 2.24) is 4.57 Å². The van der Waals surface area contributed by atoms with Gasteiger partial charge in [-0.15, -0.1) is 11.8 Å². The van der Waals surface area contributed by atoms with Gasteiger partial charge in [-0.2, -0.15) is 5.26 Å². The van der Waals surface area contributed by atoms with Crippen molar-refractivity contribution in [1.29, 1.82) is 5.26 Å². The molecular weight excluding hydrogens is 316 g/mol. The third-order valence-corrected chi connectivity index (χ3v) is 6.72. The second-order valence-electron chi connectivity index (χ2n) is 5.49. The minimum Gasteiger partial charge on any atom is -0.493 e. The summed E-state index contributed by atoms with van der Waals surface area (Å²) < 4.78 is 7.65. The largest absolute Gasteiger partial charge is 0.493 e. The van der Waals surface area contributed by atoms with Crippen molar-refractivity contribution in [2.24, 2.45) is 5.92 Å². The Balaban J connectivity index is 1.84. The lowest BCUT2D eigenvalue weighted by Gasteiger charge is -2.36.